The Morgan fingerprint density at radius 3 is 3.00 bits per heavy atom. The molecule has 2 aliphatic heterocycles. The number of ether oxygens (including phenoxy) is 1. The fourth-order valence-electron chi connectivity index (χ4n) is 2.56. The Hall–Kier alpha value is -0.930. The minimum Gasteiger partial charge on any atom is -0.357 e. The summed E-state index contributed by atoms with van der Waals surface area (Å²) in [6.07, 6.45) is 18.7. The molecule has 0 amide bonds. The monoisotopic (exact) mass is 244 g/mol. The van der Waals surface area contributed by atoms with E-state index in [1.807, 2.05) is 18.5 Å². The fraction of sp³-hybridized carbons (Fsp3) is 0.133. The van der Waals surface area contributed by atoms with Crippen LogP contribution in [0.15, 0.2) is 76.0 Å². The molecule has 4 aliphatic rings. The summed E-state index contributed by atoms with van der Waals surface area (Å²) < 4.78 is 6.14. The van der Waals surface area contributed by atoms with E-state index in [-0.39, 0.29) is 41.8 Å². The molecule has 2 heterocycles. The largest absolute Gasteiger partial charge is 0.357 e. The first-order valence-corrected chi connectivity index (χ1v) is 5.79. The van der Waals surface area contributed by atoms with Gasteiger partial charge < -0.3 is 4.74 Å². The maximum Gasteiger partial charge on any atom is 0.111 e. The maximum absolute atomic E-state index is 6.14. The Bertz CT molecular complexity index is 602. The van der Waals surface area contributed by atoms with Crippen LogP contribution in [0.1, 0.15) is 0 Å². The van der Waals surface area contributed by atoms with Crippen LogP contribution < -0.4 is 0 Å². The summed E-state index contributed by atoms with van der Waals surface area (Å²) in [6, 6.07) is 0. The standard InChI is InChI=1S/C15H11NO.Na/c1-2-4-14-10(3-1)7-11-5-6-12-8-16-9-13(12)15(11)17-14;/h1-9,14-15H;. The molecule has 0 N–H and O–H groups in total. The van der Waals surface area contributed by atoms with Crippen molar-refractivity contribution in [3.63, 3.8) is 0 Å². The van der Waals surface area contributed by atoms with Crippen LogP contribution in [0.25, 0.3) is 0 Å². The van der Waals surface area contributed by atoms with E-state index >= 15 is 0 Å². The molecule has 2 atom stereocenters. The molecule has 0 spiro atoms. The Labute approximate surface area is 128 Å². The molecular formula is C15H11NNaO. The maximum atomic E-state index is 6.14. The molecule has 0 fully saturated rings. The first kappa shape index (κ1) is 12.1. The van der Waals surface area contributed by atoms with Gasteiger partial charge in [0.05, 0.1) is 0 Å². The SMILES string of the molecule is C1=CC2=CC3=CC=C4C=NC=C4C3OC2C=C1.[Na]. The van der Waals surface area contributed by atoms with Crippen LogP contribution in [0.5, 0.6) is 0 Å². The quantitative estimate of drug-likeness (QED) is 0.599. The van der Waals surface area contributed by atoms with Gasteiger partial charge in [0, 0.05) is 53.1 Å². The van der Waals surface area contributed by atoms with Crippen LogP contribution in [-0.4, -0.2) is 48.0 Å². The zero-order valence-electron chi connectivity index (χ0n) is 10.2. The average Bonchev–Trinajstić information content (AvgIpc) is 2.85. The normalized spacial score (nSPS) is 30.2. The van der Waals surface area contributed by atoms with Gasteiger partial charge in [-0.05, 0) is 17.2 Å². The zero-order chi connectivity index (χ0) is 11.2. The second-order valence-corrected chi connectivity index (χ2v) is 4.48. The number of hydrogen-bond donors (Lipinski definition) is 0. The Morgan fingerprint density at radius 1 is 1.11 bits per heavy atom. The number of hydrogen-bond acceptors (Lipinski definition) is 2. The van der Waals surface area contributed by atoms with Gasteiger partial charge in [0.15, 0.2) is 0 Å². The zero-order valence-corrected chi connectivity index (χ0v) is 12.2. The summed E-state index contributed by atoms with van der Waals surface area (Å²) in [5, 5.41) is 0. The molecule has 0 aromatic heterocycles. The molecule has 2 aliphatic carbocycles. The van der Waals surface area contributed by atoms with E-state index in [1.165, 1.54) is 22.3 Å². The van der Waals surface area contributed by atoms with Crippen LogP contribution in [-0.2, 0) is 4.74 Å². The van der Waals surface area contributed by atoms with Crippen LogP contribution in [0.4, 0.5) is 0 Å². The van der Waals surface area contributed by atoms with Crippen LogP contribution in [0.2, 0.25) is 0 Å². The predicted octanol–water partition coefficient (Wildman–Crippen LogP) is 2.26. The number of aliphatic imine (C=N–C) groups is 1. The van der Waals surface area contributed by atoms with Gasteiger partial charge in [-0.15, -0.1) is 0 Å². The molecule has 0 bridgehead atoms. The van der Waals surface area contributed by atoms with E-state index in [1.54, 1.807) is 0 Å². The fourth-order valence-corrected chi connectivity index (χ4v) is 2.56. The summed E-state index contributed by atoms with van der Waals surface area (Å²) in [6.45, 7) is 0. The summed E-state index contributed by atoms with van der Waals surface area (Å²) >= 11 is 0. The summed E-state index contributed by atoms with van der Waals surface area (Å²) in [5.41, 5.74) is 4.80. The molecule has 18 heavy (non-hydrogen) atoms. The third-order valence-electron chi connectivity index (χ3n) is 3.43. The van der Waals surface area contributed by atoms with Gasteiger partial charge in [0.25, 0.3) is 0 Å². The second-order valence-electron chi connectivity index (χ2n) is 4.48. The molecule has 4 rings (SSSR count). The van der Waals surface area contributed by atoms with Crippen molar-refractivity contribution in [3.8, 4) is 0 Å². The first-order chi connectivity index (χ1) is 8.42. The second kappa shape index (κ2) is 4.63. The van der Waals surface area contributed by atoms with Crippen LogP contribution in [0, 0.1) is 0 Å². The Kier molecular flexibility index (Phi) is 3.12. The summed E-state index contributed by atoms with van der Waals surface area (Å²) in [7, 11) is 0. The van der Waals surface area contributed by atoms with Gasteiger partial charge in [0.1, 0.15) is 12.2 Å². The molecule has 2 unspecified atom stereocenters. The summed E-state index contributed by atoms with van der Waals surface area (Å²) in [4.78, 5) is 4.20. The Balaban J connectivity index is 0.000001000. The summed E-state index contributed by atoms with van der Waals surface area (Å²) in [5.74, 6) is 0. The van der Waals surface area contributed by atoms with E-state index in [9.17, 15) is 0 Å². The van der Waals surface area contributed by atoms with E-state index in [0.29, 0.717) is 0 Å². The molecular weight excluding hydrogens is 233 g/mol. The smallest absolute Gasteiger partial charge is 0.111 e. The first-order valence-electron chi connectivity index (χ1n) is 5.79. The van der Waals surface area contributed by atoms with Gasteiger partial charge in [-0.1, -0.05) is 36.5 Å². The molecule has 2 nitrogen and oxygen atoms in total. The van der Waals surface area contributed by atoms with E-state index in [4.69, 9.17) is 4.74 Å². The van der Waals surface area contributed by atoms with Gasteiger partial charge in [-0.2, -0.15) is 0 Å². The average molecular weight is 244 g/mol. The minimum atomic E-state index is 0. The van der Waals surface area contributed by atoms with Gasteiger partial charge in [-0.25, -0.2) is 0 Å². The van der Waals surface area contributed by atoms with E-state index in [2.05, 4.69) is 41.4 Å². The number of nitrogens with zero attached hydrogens (tertiary/aromatic N) is 1. The minimum absolute atomic E-state index is 0. The third kappa shape index (κ3) is 1.77. The number of fused-ring (bicyclic) bond motifs is 4. The predicted molar refractivity (Wildman–Crippen MR) is 73.5 cm³/mol. The van der Waals surface area contributed by atoms with Crippen molar-refractivity contribution in [2.75, 3.05) is 0 Å². The molecule has 0 saturated carbocycles. The molecule has 0 aromatic rings. The van der Waals surface area contributed by atoms with Crippen molar-refractivity contribution in [2.45, 2.75) is 12.2 Å². The van der Waals surface area contributed by atoms with Crippen molar-refractivity contribution in [3.05, 3.63) is 71.0 Å². The number of allylic oxidation sites excluding steroid dienone is 4. The van der Waals surface area contributed by atoms with Crippen molar-refractivity contribution in [1.82, 2.24) is 0 Å². The Morgan fingerprint density at radius 2 is 2.06 bits per heavy atom. The molecule has 0 aromatic carbocycles. The van der Waals surface area contributed by atoms with E-state index < -0.39 is 0 Å². The molecule has 1 radical (unpaired) electrons. The van der Waals surface area contributed by atoms with Crippen molar-refractivity contribution < 1.29 is 4.74 Å². The molecule has 3 heteroatoms. The topological polar surface area (TPSA) is 21.6 Å². The van der Waals surface area contributed by atoms with Crippen LogP contribution >= 0.6 is 0 Å². The van der Waals surface area contributed by atoms with Crippen molar-refractivity contribution in [2.24, 2.45) is 4.99 Å². The van der Waals surface area contributed by atoms with Gasteiger partial charge in [0.2, 0.25) is 0 Å². The molecule has 83 valence electrons. The third-order valence-corrected chi connectivity index (χ3v) is 3.43. The van der Waals surface area contributed by atoms with Crippen LogP contribution in [0.3, 0.4) is 0 Å². The van der Waals surface area contributed by atoms with Crippen molar-refractivity contribution in [1.29, 1.82) is 0 Å². The number of rotatable bonds is 0. The van der Waals surface area contributed by atoms with Gasteiger partial charge in [-0.3, -0.25) is 4.99 Å². The van der Waals surface area contributed by atoms with E-state index in [0.717, 1.165) is 0 Å². The van der Waals surface area contributed by atoms with Gasteiger partial charge >= 0.3 is 0 Å². The molecule has 0 saturated heterocycles. The van der Waals surface area contributed by atoms with Crippen molar-refractivity contribution >= 4 is 35.8 Å².